The van der Waals surface area contributed by atoms with Crippen LogP contribution in [0.15, 0.2) is 54.6 Å². The maximum absolute atomic E-state index is 12.1. The lowest BCUT2D eigenvalue weighted by Crippen LogP contribution is -2.34. The van der Waals surface area contributed by atoms with Gasteiger partial charge in [-0.15, -0.1) is 0 Å². The third-order valence-electron chi connectivity index (χ3n) is 3.55. The van der Waals surface area contributed by atoms with Crippen LogP contribution in [0, 0.1) is 0 Å². The summed E-state index contributed by atoms with van der Waals surface area (Å²) in [5.41, 5.74) is 1.73. The second-order valence-corrected chi connectivity index (χ2v) is 5.83. The molecule has 0 aliphatic rings. The molecule has 6 nitrogen and oxygen atoms in total. The second kappa shape index (κ2) is 10.1. The van der Waals surface area contributed by atoms with E-state index in [-0.39, 0.29) is 11.0 Å². The number of para-hydroxylation sites is 2. The Morgan fingerprint density at radius 3 is 2.56 bits per heavy atom. The van der Waals surface area contributed by atoms with Crippen LogP contribution in [-0.2, 0) is 4.79 Å². The van der Waals surface area contributed by atoms with Gasteiger partial charge in [0.2, 0.25) is 5.91 Å². The normalized spacial score (nSPS) is 10.3. The average Bonchev–Trinajstić information content (AvgIpc) is 2.67. The van der Waals surface area contributed by atoms with Crippen LogP contribution < -0.4 is 20.7 Å². The monoisotopic (exact) mass is 383 g/mol. The lowest BCUT2D eigenvalue weighted by molar-refractivity contribution is -0.115. The van der Waals surface area contributed by atoms with Gasteiger partial charge < -0.3 is 15.4 Å². The van der Waals surface area contributed by atoms with E-state index in [0.29, 0.717) is 23.5 Å². The van der Waals surface area contributed by atoms with Crippen molar-refractivity contribution in [2.24, 2.45) is 0 Å². The molecule has 0 atom stereocenters. The van der Waals surface area contributed by atoms with E-state index in [1.165, 1.54) is 6.08 Å². The minimum absolute atomic E-state index is 0.0985. The summed E-state index contributed by atoms with van der Waals surface area (Å²) in [6, 6.07) is 14.3. The van der Waals surface area contributed by atoms with Crippen molar-refractivity contribution in [1.29, 1.82) is 0 Å². The molecule has 0 heterocycles. The molecule has 0 aliphatic carbocycles. The summed E-state index contributed by atoms with van der Waals surface area (Å²) in [7, 11) is 1.57. The quantitative estimate of drug-likeness (QED) is 0.528. The van der Waals surface area contributed by atoms with E-state index in [1.807, 2.05) is 31.2 Å². The van der Waals surface area contributed by atoms with Gasteiger partial charge in [-0.25, -0.2) is 0 Å². The third-order valence-corrected chi connectivity index (χ3v) is 3.75. The van der Waals surface area contributed by atoms with Crippen LogP contribution in [0.25, 0.3) is 6.08 Å². The highest BCUT2D eigenvalue weighted by Crippen LogP contribution is 2.18. The van der Waals surface area contributed by atoms with Gasteiger partial charge in [0.15, 0.2) is 5.11 Å². The van der Waals surface area contributed by atoms with Gasteiger partial charge in [0, 0.05) is 18.2 Å². The molecule has 140 valence electrons. The Labute approximate surface area is 163 Å². The Hall–Kier alpha value is -3.19. The SMILES string of the molecule is CCNC(=O)c1ccccc1NC(=S)NC(=O)/C=C/c1ccccc1OC. The van der Waals surface area contributed by atoms with Crippen LogP contribution in [-0.4, -0.2) is 30.6 Å². The minimum Gasteiger partial charge on any atom is -0.496 e. The standard InChI is InChI=1S/C20H21N3O3S/c1-3-21-19(25)15-9-5-6-10-16(15)22-20(27)23-18(24)13-12-14-8-4-7-11-17(14)26-2/h4-13H,3H2,1-2H3,(H,21,25)(H2,22,23,24,27)/b13-12+. The van der Waals surface area contributed by atoms with Crippen molar-refractivity contribution < 1.29 is 14.3 Å². The fourth-order valence-electron chi connectivity index (χ4n) is 2.32. The van der Waals surface area contributed by atoms with Gasteiger partial charge in [-0.1, -0.05) is 30.3 Å². The molecule has 7 heteroatoms. The summed E-state index contributed by atoms with van der Waals surface area (Å²) in [5.74, 6) is 0.0535. The van der Waals surface area contributed by atoms with Crippen molar-refractivity contribution >= 4 is 40.9 Å². The van der Waals surface area contributed by atoms with E-state index in [4.69, 9.17) is 17.0 Å². The molecule has 0 fully saturated rings. The van der Waals surface area contributed by atoms with Crippen LogP contribution in [0.3, 0.4) is 0 Å². The van der Waals surface area contributed by atoms with Crippen LogP contribution in [0.5, 0.6) is 5.75 Å². The smallest absolute Gasteiger partial charge is 0.253 e. The summed E-state index contributed by atoms with van der Waals surface area (Å²) < 4.78 is 5.23. The molecule has 0 saturated heterocycles. The first kappa shape index (κ1) is 20.1. The van der Waals surface area contributed by atoms with Crippen molar-refractivity contribution in [2.45, 2.75) is 6.92 Å². The van der Waals surface area contributed by atoms with Gasteiger partial charge in [-0.05, 0) is 43.4 Å². The van der Waals surface area contributed by atoms with E-state index >= 15 is 0 Å². The number of amides is 2. The van der Waals surface area contributed by atoms with E-state index < -0.39 is 5.91 Å². The zero-order chi connectivity index (χ0) is 19.6. The molecule has 0 saturated carbocycles. The molecule has 2 amide bonds. The summed E-state index contributed by atoms with van der Waals surface area (Å²) >= 11 is 5.17. The topological polar surface area (TPSA) is 79.5 Å². The highest BCUT2D eigenvalue weighted by molar-refractivity contribution is 7.80. The lowest BCUT2D eigenvalue weighted by atomic mass is 10.1. The molecule has 0 spiro atoms. The molecule has 27 heavy (non-hydrogen) atoms. The Balaban J connectivity index is 2.01. The first-order chi connectivity index (χ1) is 13.0. The number of carbonyl (C=O) groups is 2. The summed E-state index contributed by atoms with van der Waals surface area (Å²) in [5, 5.41) is 8.27. The van der Waals surface area contributed by atoms with Crippen molar-refractivity contribution in [3.63, 3.8) is 0 Å². The van der Waals surface area contributed by atoms with E-state index in [1.54, 1.807) is 37.5 Å². The maximum atomic E-state index is 12.1. The largest absolute Gasteiger partial charge is 0.496 e. The number of carbonyl (C=O) groups excluding carboxylic acids is 2. The molecule has 2 aromatic carbocycles. The van der Waals surface area contributed by atoms with Crippen molar-refractivity contribution in [1.82, 2.24) is 10.6 Å². The first-order valence-electron chi connectivity index (χ1n) is 8.35. The summed E-state index contributed by atoms with van der Waals surface area (Å²) in [6.45, 7) is 2.36. The van der Waals surface area contributed by atoms with Gasteiger partial charge in [0.1, 0.15) is 5.75 Å². The molecular weight excluding hydrogens is 362 g/mol. The molecule has 2 rings (SSSR count). The van der Waals surface area contributed by atoms with Gasteiger partial charge in [-0.2, -0.15) is 0 Å². The number of rotatable bonds is 6. The van der Waals surface area contributed by atoms with Crippen molar-refractivity contribution in [2.75, 3.05) is 19.0 Å². The Bertz CT molecular complexity index is 865. The molecule has 2 aromatic rings. The van der Waals surface area contributed by atoms with Crippen LogP contribution in [0.1, 0.15) is 22.8 Å². The molecule has 3 N–H and O–H groups in total. The number of hydrogen-bond acceptors (Lipinski definition) is 4. The highest BCUT2D eigenvalue weighted by Gasteiger charge is 2.11. The fraction of sp³-hybridized carbons (Fsp3) is 0.150. The van der Waals surface area contributed by atoms with E-state index in [9.17, 15) is 9.59 Å². The first-order valence-corrected chi connectivity index (χ1v) is 8.76. The summed E-state index contributed by atoms with van der Waals surface area (Å²) in [6.07, 6.45) is 3.00. The van der Waals surface area contributed by atoms with Crippen molar-refractivity contribution in [3.8, 4) is 5.75 Å². The van der Waals surface area contributed by atoms with Gasteiger partial charge in [-0.3, -0.25) is 14.9 Å². The number of anilines is 1. The predicted octanol–water partition coefficient (Wildman–Crippen LogP) is 2.97. The van der Waals surface area contributed by atoms with Gasteiger partial charge in [0.05, 0.1) is 18.4 Å². The van der Waals surface area contributed by atoms with E-state index in [0.717, 1.165) is 5.56 Å². The van der Waals surface area contributed by atoms with Crippen LogP contribution in [0.2, 0.25) is 0 Å². The molecule has 0 radical (unpaired) electrons. The van der Waals surface area contributed by atoms with Crippen LogP contribution >= 0.6 is 12.2 Å². The second-order valence-electron chi connectivity index (χ2n) is 5.42. The predicted molar refractivity (Wildman–Crippen MR) is 111 cm³/mol. The Kier molecular flexibility index (Phi) is 7.51. The van der Waals surface area contributed by atoms with E-state index in [2.05, 4.69) is 16.0 Å². The number of nitrogens with one attached hydrogen (secondary N) is 3. The Morgan fingerprint density at radius 1 is 1.11 bits per heavy atom. The number of ether oxygens (including phenoxy) is 1. The number of benzene rings is 2. The molecule has 0 aliphatic heterocycles. The Morgan fingerprint density at radius 2 is 1.81 bits per heavy atom. The maximum Gasteiger partial charge on any atom is 0.253 e. The van der Waals surface area contributed by atoms with Crippen LogP contribution in [0.4, 0.5) is 5.69 Å². The minimum atomic E-state index is -0.395. The fourth-order valence-corrected chi connectivity index (χ4v) is 2.53. The summed E-state index contributed by atoms with van der Waals surface area (Å²) in [4.78, 5) is 24.2. The van der Waals surface area contributed by atoms with Crippen molar-refractivity contribution in [3.05, 3.63) is 65.7 Å². The average molecular weight is 383 g/mol. The molecule has 0 aromatic heterocycles. The molecule has 0 unspecified atom stereocenters. The molecular formula is C20H21N3O3S. The number of hydrogen-bond donors (Lipinski definition) is 3. The van der Waals surface area contributed by atoms with Gasteiger partial charge >= 0.3 is 0 Å². The third kappa shape index (κ3) is 5.93. The molecule has 0 bridgehead atoms. The lowest BCUT2D eigenvalue weighted by Gasteiger charge is -2.12. The zero-order valence-corrected chi connectivity index (χ0v) is 15.9. The zero-order valence-electron chi connectivity index (χ0n) is 15.1. The number of methoxy groups -OCH3 is 1. The van der Waals surface area contributed by atoms with Gasteiger partial charge in [0.25, 0.3) is 5.91 Å². The highest BCUT2D eigenvalue weighted by atomic mass is 32.1. The number of thiocarbonyl (C=S) groups is 1.